The van der Waals surface area contributed by atoms with E-state index in [0.717, 1.165) is 29.2 Å². The molecule has 1 saturated heterocycles. The second-order valence-electron chi connectivity index (χ2n) is 6.44. The maximum atomic E-state index is 12.4. The number of ether oxygens (including phenoxy) is 1. The Kier molecular flexibility index (Phi) is 5.03. The Morgan fingerprint density at radius 1 is 1.40 bits per heavy atom. The number of hydrogen-bond donors (Lipinski definition) is 2. The Balaban J connectivity index is 1.66. The van der Waals surface area contributed by atoms with Gasteiger partial charge in [0.05, 0.1) is 17.4 Å². The molecule has 2 atom stereocenters. The smallest absolute Gasteiger partial charge is 0.252 e. The number of aryl methyl sites for hydroxylation is 2. The minimum absolute atomic E-state index is 0.0150. The Bertz CT molecular complexity index is 754. The van der Waals surface area contributed by atoms with Crippen molar-refractivity contribution in [1.82, 2.24) is 20.1 Å². The van der Waals surface area contributed by atoms with Gasteiger partial charge in [-0.3, -0.25) is 9.48 Å². The van der Waals surface area contributed by atoms with E-state index in [9.17, 15) is 4.79 Å². The predicted octanol–water partition coefficient (Wildman–Crippen LogP) is 1.98. The fourth-order valence-electron chi connectivity index (χ4n) is 3.37. The Morgan fingerprint density at radius 2 is 2.20 bits per heavy atom. The third-order valence-corrected chi connectivity index (χ3v) is 4.87. The van der Waals surface area contributed by atoms with E-state index in [-0.39, 0.29) is 17.9 Å². The molecule has 0 aromatic carbocycles. The van der Waals surface area contributed by atoms with Gasteiger partial charge < -0.3 is 15.4 Å². The van der Waals surface area contributed by atoms with Crippen LogP contribution >= 0.6 is 0 Å². The van der Waals surface area contributed by atoms with Gasteiger partial charge in [-0.1, -0.05) is 0 Å². The van der Waals surface area contributed by atoms with Crippen LogP contribution in [0.1, 0.15) is 39.8 Å². The van der Waals surface area contributed by atoms with Crippen LogP contribution in [-0.4, -0.2) is 40.9 Å². The molecule has 0 bridgehead atoms. The first-order chi connectivity index (χ1) is 12.0. The average molecular weight is 343 g/mol. The lowest BCUT2D eigenvalue weighted by Crippen LogP contribution is -2.30. The van der Waals surface area contributed by atoms with Crippen LogP contribution in [0.25, 0.3) is 0 Å². The molecule has 0 radical (unpaired) electrons. The predicted molar refractivity (Wildman–Crippen MR) is 95.6 cm³/mol. The first-order valence-corrected chi connectivity index (χ1v) is 8.55. The zero-order valence-corrected chi connectivity index (χ0v) is 15.2. The van der Waals surface area contributed by atoms with Crippen LogP contribution in [0.15, 0.2) is 18.3 Å². The SMILES string of the molecule is CNc1ccc(C(=O)NC[C@H]2CCO[C@@H]2c2c(C)nn(C)c2C)cn1. The summed E-state index contributed by atoms with van der Waals surface area (Å²) in [5, 5.41) is 10.4. The summed E-state index contributed by atoms with van der Waals surface area (Å²) >= 11 is 0. The monoisotopic (exact) mass is 343 g/mol. The van der Waals surface area contributed by atoms with Crippen molar-refractivity contribution < 1.29 is 9.53 Å². The van der Waals surface area contributed by atoms with Gasteiger partial charge in [-0.05, 0) is 32.4 Å². The number of pyridine rings is 1. The standard InChI is InChI=1S/C18H25N5O2/c1-11-16(12(2)23(4)22-11)17-13(7-8-25-17)9-21-18(24)14-5-6-15(19-3)20-10-14/h5-6,10,13,17H,7-9H2,1-4H3,(H,19,20)(H,21,24)/t13-,17+/m1/s1. The molecule has 7 heteroatoms. The molecule has 2 aromatic heterocycles. The molecule has 1 aliphatic heterocycles. The van der Waals surface area contributed by atoms with Crippen LogP contribution in [0.3, 0.4) is 0 Å². The maximum absolute atomic E-state index is 12.4. The van der Waals surface area contributed by atoms with Gasteiger partial charge in [-0.2, -0.15) is 5.10 Å². The second kappa shape index (κ2) is 7.23. The lowest BCUT2D eigenvalue weighted by atomic mass is 9.94. The van der Waals surface area contributed by atoms with E-state index in [1.807, 2.05) is 18.7 Å². The normalized spacial score (nSPS) is 19.8. The molecule has 3 heterocycles. The van der Waals surface area contributed by atoms with Crippen molar-refractivity contribution in [2.24, 2.45) is 13.0 Å². The topological polar surface area (TPSA) is 81.1 Å². The van der Waals surface area contributed by atoms with Gasteiger partial charge in [0.2, 0.25) is 0 Å². The molecule has 3 rings (SSSR count). The Hall–Kier alpha value is -2.41. The zero-order valence-electron chi connectivity index (χ0n) is 15.2. The first-order valence-electron chi connectivity index (χ1n) is 8.55. The van der Waals surface area contributed by atoms with Crippen LogP contribution in [0.4, 0.5) is 5.82 Å². The summed E-state index contributed by atoms with van der Waals surface area (Å²) in [6.45, 7) is 5.35. The van der Waals surface area contributed by atoms with Crippen molar-refractivity contribution in [2.45, 2.75) is 26.4 Å². The lowest BCUT2D eigenvalue weighted by Gasteiger charge is -2.20. The highest BCUT2D eigenvalue weighted by Crippen LogP contribution is 2.37. The van der Waals surface area contributed by atoms with Gasteiger partial charge in [0, 0.05) is 50.6 Å². The van der Waals surface area contributed by atoms with E-state index in [4.69, 9.17) is 4.74 Å². The minimum atomic E-state index is -0.111. The average Bonchev–Trinajstić information content (AvgIpc) is 3.16. The summed E-state index contributed by atoms with van der Waals surface area (Å²) in [5.74, 6) is 0.874. The summed E-state index contributed by atoms with van der Waals surface area (Å²) < 4.78 is 7.86. The second-order valence-corrected chi connectivity index (χ2v) is 6.44. The number of amides is 1. The van der Waals surface area contributed by atoms with Crippen LogP contribution in [-0.2, 0) is 11.8 Å². The number of nitrogens with one attached hydrogen (secondary N) is 2. The quantitative estimate of drug-likeness (QED) is 0.868. The molecule has 0 saturated carbocycles. The number of carbonyl (C=O) groups is 1. The zero-order chi connectivity index (χ0) is 18.0. The van der Waals surface area contributed by atoms with Crippen molar-refractivity contribution in [2.75, 3.05) is 25.5 Å². The summed E-state index contributed by atoms with van der Waals surface area (Å²) in [6, 6.07) is 3.56. The van der Waals surface area contributed by atoms with Gasteiger partial charge in [0.25, 0.3) is 5.91 Å². The summed E-state index contributed by atoms with van der Waals surface area (Å²) in [4.78, 5) is 16.5. The molecule has 0 spiro atoms. The molecule has 0 unspecified atom stereocenters. The van der Waals surface area contributed by atoms with Crippen LogP contribution in [0, 0.1) is 19.8 Å². The van der Waals surface area contributed by atoms with Gasteiger partial charge in [0.1, 0.15) is 5.82 Å². The number of anilines is 1. The van der Waals surface area contributed by atoms with Crippen molar-refractivity contribution >= 4 is 11.7 Å². The number of nitrogens with zero attached hydrogens (tertiary/aromatic N) is 3. The molecular weight excluding hydrogens is 318 g/mol. The molecule has 1 amide bonds. The highest BCUT2D eigenvalue weighted by atomic mass is 16.5. The van der Waals surface area contributed by atoms with E-state index in [0.29, 0.717) is 18.7 Å². The van der Waals surface area contributed by atoms with Crippen LogP contribution in [0.2, 0.25) is 0 Å². The van der Waals surface area contributed by atoms with Crippen molar-refractivity contribution in [3.8, 4) is 0 Å². The molecule has 2 N–H and O–H groups in total. The highest BCUT2D eigenvalue weighted by molar-refractivity contribution is 5.94. The van der Waals surface area contributed by atoms with Crippen LogP contribution < -0.4 is 10.6 Å². The van der Waals surface area contributed by atoms with E-state index in [1.54, 1.807) is 25.4 Å². The molecule has 25 heavy (non-hydrogen) atoms. The largest absolute Gasteiger partial charge is 0.373 e. The summed E-state index contributed by atoms with van der Waals surface area (Å²) in [6.07, 6.45) is 2.49. The fourth-order valence-corrected chi connectivity index (χ4v) is 3.37. The molecule has 2 aromatic rings. The highest BCUT2D eigenvalue weighted by Gasteiger charge is 2.33. The number of carbonyl (C=O) groups excluding carboxylic acids is 1. The Morgan fingerprint density at radius 3 is 2.80 bits per heavy atom. The molecule has 134 valence electrons. The lowest BCUT2D eigenvalue weighted by molar-refractivity contribution is 0.0840. The van der Waals surface area contributed by atoms with Crippen LogP contribution in [0.5, 0.6) is 0 Å². The molecular formula is C18H25N5O2. The molecule has 0 aliphatic carbocycles. The minimum Gasteiger partial charge on any atom is -0.373 e. The van der Waals surface area contributed by atoms with Crippen molar-refractivity contribution in [1.29, 1.82) is 0 Å². The summed E-state index contributed by atoms with van der Waals surface area (Å²) in [5.41, 5.74) is 3.82. The summed E-state index contributed by atoms with van der Waals surface area (Å²) in [7, 11) is 3.74. The van der Waals surface area contributed by atoms with Gasteiger partial charge in [-0.25, -0.2) is 4.98 Å². The molecule has 7 nitrogen and oxygen atoms in total. The molecule has 1 aliphatic rings. The van der Waals surface area contributed by atoms with E-state index >= 15 is 0 Å². The van der Waals surface area contributed by atoms with Crippen molar-refractivity contribution in [3.05, 3.63) is 40.8 Å². The van der Waals surface area contributed by atoms with Gasteiger partial charge in [0.15, 0.2) is 0 Å². The van der Waals surface area contributed by atoms with E-state index in [1.165, 1.54) is 0 Å². The first kappa shape index (κ1) is 17.4. The van der Waals surface area contributed by atoms with Gasteiger partial charge in [-0.15, -0.1) is 0 Å². The van der Waals surface area contributed by atoms with E-state index in [2.05, 4.69) is 27.6 Å². The third kappa shape index (κ3) is 3.51. The number of hydrogen-bond acceptors (Lipinski definition) is 5. The third-order valence-electron chi connectivity index (χ3n) is 4.87. The molecule has 1 fully saturated rings. The number of rotatable bonds is 5. The fraction of sp³-hybridized carbons (Fsp3) is 0.500. The number of aromatic nitrogens is 3. The maximum Gasteiger partial charge on any atom is 0.252 e. The van der Waals surface area contributed by atoms with Gasteiger partial charge >= 0.3 is 0 Å². The van der Waals surface area contributed by atoms with Crippen molar-refractivity contribution in [3.63, 3.8) is 0 Å². The Labute approximate surface area is 147 Å². The van der Waals surface area contributed by atoms with E-state index < -0.39 is 0 Å².